The zero-order chi connectivity index (χ0) is 18.6. The molecule has 134 valence electrons. The first kappa shape index (κ1) is 18.3. The Hall–Kier alpha value is -2.54. The van der Waals surface area contributed by atoms with Crippen molar-refractivity contribution in [2.75, 3.05) is 6.26 Å². The van der Waals surface area contributed by atoms with Crippen LogP contribution in [0.4, 0.5) is 13.2 Å². The highest BCUT2D eigenvalue weighted by molar-refractivity contribution is 7.98. The molecule has 3 aromatic rings. The number of nitrogens with zero attached hydrogens (tertiary/aromatic N) is 2. The van der Waals surface area contributed by atoms with E-state index in [0.29, 0.717) is 28.9 Å². The molecule has 0 aliphatic heterocycles. The van der Waals surface area contributed by atoms with E-state index in [1.54, 1.807) is 18.4 Å². The maximum absolute atomic E-state index is 13.0. The second-order valence-corrected chi connectivity index (χ2v) is 6.20. The normalized spacial score (nSPS) is 11.4. The second-order valence-electron chi connectivity index (χ2n) is 5.43. The number of hydrogen-bond donors (Lipinski definition) is 0. The molecule has 0 spiro atoms. The number of alkyl halides is 3. The number of aromatic nitrogens is 2. The van der Waals surface area contributed by atoms with Crippen molar-refractivity contribution in [3.05, 3.63) is 71.8 Å². The Morgan fingerprint density at radius 3 is 2.42 bits per heavy atom. The van der Waals surface area contributed by atoms with Crippen LogP contribution in [-0.4, -0.2) is 16.2 Å². The molecule has 2 aromatic carbocycles. The van der Waals surface area contributed by atoms with Crippen molar-refractivity contribution in [3.8, 4) is 17.1 Å². The van der Waals surface area contributed by atoms with Gasteiger partial charge in [-0.25, -0.2) is 4.98 Å². The number of hydrogen-bond acceptors (Lipinski definition) is 4. The van der Waals surface area contributed by atoms with Crippen molar-refractivity contribution < 1.29 is 17.9 Å². The lowest BCUT2D eigenvalue weighted by molar-refractivity contribution is -0.137. The first-order valence-electron chi connectivity index (χ1n) is 7.73. The molecule has 0 atom stereocenters. The number of benzene rings is 2. The molecule has 0 saturated heterocycles. The Bertz CT molecular complexity index is 885. The van der Waals surface area contributed by atoms with Gasteiger partial charge in [-0.1, -0.05) is 54.2 Å². The lowest BCUT2D eigenvalue weighted by atomic mass is 10.1. The van der Waals surface area contributed by atoms with Crippen LogP contribution in [0.2, 0.25) is 0 Å². The Labute approximate surface area is 153 Å². The Morgan fingerprint density at radius 1 is 0.962 bits per heavy atom. The van der Waals surface area contributed by atoms with E-state index in [1.807, 2.05) is 30.3 Å². The first-order valence-corrected chi connectivity index (χ1v) is 8.95. The van der Waals surface area contributed by atoms with Crippen LogP contribution in [0.3, 0.4) is 0 Å². The lowest BCUT2D eigenvalue weighted by Crippen LogP contribution is -2.05. The fourth-order valence-corrected chi connectivity index (χ4v) is 2.67. The highest BCUT2D eigenvalue weighted by atomic mass is 32.2. The van der Waals surface area contributed by atoms with E-state index in [9.17, 15) is 13.2 Å². The average Bonchev–Trinajstić information content (AvgIpc) is 2.66. The van der Waals surface area contributed by atoms with Crippen LogP contribution in [0.5, 0.6) is 5.88 Å². The molecule has 0 amide bonds. The number of thioether (sulfide) groups is 1. The van der Waals surface area contributed by atoms with E-state index in [4.69, 9.17) is 4.74 Å². The summed E-state index contributed by atoms with van der Waals surface area (Å²) >= 11 is 1.30. The molecule has 3 rings (SSSR count). The van der Waals surface area contributed by atoms with Crippen LogP contribution < -0.4 is 4.74 Å². The second kappa shape index (κ2) is 7.78. The van der Waals surface area contributed by atoms with Gasteiger partial charge in [0.25, 0.3) is 0 Å². The Morgan fingerprint density at radius 2 is 1.73 bits per heavy atom. The van der Waals surface area contributed by atoms with Crippen LogP contribution in [0.25, 0.3) is 11.3 Å². The molecule has 0 bridgehead atoms. The van der Waals surface area contributed by atoms with Gasteiger partial charge in [-0.15, -0.1) is 0 Å². The van der Waals surface area contributed by atoms with Crippen LogP contribution in [-0.2, 0) is 12.8 Å². The third-order valence-corrected chi connectivity index (χ3v) is 4.13. The van der Waals surface area contributed by atoms with Crippen molar-refractivity contribution in [2.24, 2.45) is 0 Å². The zero-order valence-electron chi connectivity index (χ0n) is 13.8. The number of ether oxygens (including phenoxy) is 1. The van der Waals surface area contributed by atoms with E-state index in [-0.39, 0.29) is 0 Å². The number of rotatable bonds is 5. The van der Waals surface area contributed by atoms with Crippen molar-refractivity contribution in [3.63, 3.8) is 0 Å². The van der Waals surface area contributed by atoms with Crippen molar-refractivity contribution in [1.29, 1.82) is 0 Å². The SMILES string of the molecule is CSc1nc(OCc2ccccc2)cc(-c2cccc(C(F)(F)F)c2)n1. The summed E-state index contributed by atoms with van der Waals surface area (Å²) in [4.78, 5) is 8.58. The lowest BCUT2D eigenvalue weighted by Gasteiger charge is -2.11. The molecule has 0 fully saturated rings. The summed E-state index contributed by atoms with van der Waals surface area (Å²) in [6.07, 6.45) is -2.61. The van der Waals surface area contributed by atoms with Gasteiger partial charge < -0.3 is 4.74 Å². The Kier molecular flexibility index (Phi) is 5.46. The standard InChI is InChI=1S/C19H15F3N2OS/c1-26-18-23-16(14-8-5-9-15(10-14)19(20,21)22)11-17(24-18)25-12-13-6-3-2-4-7-13/h2-11H,12H2,1H3. The summed E-state index contributed by atoms with van der Waals surface area (Å²) < 4.78 is 44.6. The maximum Gasteiger partial charge on any atom is 0.416 e. The zero-order valence-corrected chi connectivity index (χ0v) is 14.6. The van der Waals surface area contributed by atoms with Gasteiger partial charge in [-0.2, -0.15) is 18.2 Å². The smallest absolute Gasteiger partial charge is 0.416 e. The predicted molar refractivity (Wildman–Crippen MR) is 95.0 cm³/mol. The van der Waals surface area contributed by atoms with E-state index >= 15 is 0 Å². The third-order valence-electron chi connectivity index (χ3n) is 3.58. The van der Waals surface area contributed by atoms with Crippen LogP contribution in [0.1, 0.15) is 11.1 Å². The highest BCUT2D eigenvalue weighted by Crippen LogP contribution is 2.32. The molecule has 0 saturated carbocycles. The highest BCUT2D eigenvalue weighted by Gasteiger charge is 2.30. The van der Waals surface area contributed by atoms with Gasteiger partial charge in [-0.05, 0) is 24.0 Å². The van der Waals surface area contributed by atoms with Crippen molar-refractivity contribution in [2.45, 2.75) is 17.9 Å². The summed E-state index contributed by atoms with van der Waals surface area (Å²) in [5.41, 5.74) is 1.00. The molecule has 1 heterocycles. The van der Waals surface area contributed by atoms with E-state index in [2.05, 4.69) is 9.97 Å². The van der Waals surface area contributed by atoms with Gasteiger partial charge in [0.15, 0.2) is 5.16 Å². The molecular weight excluding hydrogens is 361 g/mol. The third kappa shape index (κ3) is 4.54. The molecule has 3 nitrogen and oxygen atoms in total. The van der Waals surface area contributed by atoms with Gasteiger partial charge >= 0.3 is 6.18 Å². The summed E-state index contributed by atoms with van der Waals surface area (Å²) in [6, 6.07) is 16.2. The molecule has 26 heavy (non-hydrogen) atoms. The van der Waals surface area contributed by atoms with Gasteiger partial charge in [0.05, 0.1) is 11.3 Å². The van der Waals surface area contributed by atoms with E-state index in [1.165, 1.54) is 17.8 Å². The average molecular weight is 376 g/mol. The molecule has 0 radical (unpaired) electrons. The van der Waals surface area contributed by atoms with E-state index in [0.717, 1.165) is 17.7 Å². The van der Waals surface area contributed by atoms with E-state index < -0.39 is 11.7 Å². The topological polar surface area (TPSA) is 35.0 Å². The maximum atomic E-state index is 13.0. The predicted octanol–water partition coefficient (Wildman–Crippen LogP) is 5.46. The van der Waals surface area contributed by atoms with Crippen LogP contribution in [0, 0.1) is 0 Å². The first-order chi connectivity index (χ1) is 12.5. The van der Waals surface area contributed by atoms with Crippen molar-refractivity contribution >= 4 is 11.8 Å². The molecular formula is C19H15F3N2OS. The summed E-state index contributed by atoms with van der Waals surface area (Å²) in [7, 11) is 0. The largest absolute Gasteiger partial charge is 0.473 e. The fraction of sp³-hybridized carbons (Fsp3) is 0.158. The Balaban J connectivity index is 1.90. The minimum atomic E-state index is -4.40. The minimum Gasteiger partial charge on any atom is -0.473 e. The molecule has 7 heteroatoms. The summed E-state index contributed by atoms with van der Waals surface area (Å²) in [5.74, 6) is 0.320. The molecule has 0 aliphatic carbocycles. The van der Waals surface area contributed by atoms with Gasteiger partial charge in [0, 0.05) is 11.6 Å². The van der Waals surface area contributed by atoms with Crippen molar-refractivity contribution in [1.82, 2.24) is 9.97 Å². The molecule has 0 unspecified atom stereocenters. The molecule has 0 aliphatic rings. The van der Waals surface area contributed by atoms with Crippen LogP contribution >= 0.6 is 11.8 Å². The van der Waals surface area contributed by atoms with Gasteiger partial charge in [-0.3, -0.25) is 0 Å². The monoisotopic (exact) mass is 376 g/mol. The number of halogens is 3. The minimum absolute atomic E-state index is 0.313. The summed E-state index contributed by atoms with van der Waals surface area (Å²) in [5, 5.41) is 0.433. The van der Waals surface area contributed by atoms with Gasteiger partial charge in [0.1, 0.15) is 6.61 Å². The quantitative estimate of drug-likeness (QED) is 0.437. The molecule has 1 aromatic heterocycles. The van der Waals surface area contributed by atoms with Gasteiger partial charge in [0.2, 0.25) is 5.88 Å². The van der Waals surface area contributed by atoms with Crippen LogP contribution in [0.15, 0.2) is 65.8 Å². The molecule has 0 N–H and O–H groups in total. The fourth-order valence-electron chi connectivity index (χ4n) is 2.30. The summed E-state index contributed by atoms with van der Waals surface area (Å²) in [6.45, 7) is 0.313.